The second-order valence-electron chi connectivity index (χ2n) is 3.87. The van der Waals surface area contributed by atoms with E-state index in [1.807, 2.05) is 38.2 Å². The van der Waals surface area contributed by atoms with Gasteiger partial charge in [0.2, 0.25) is 5.88 Å². The Balaban J connectivity index is 4.17. The molecule has 0 aliphatic heterocycles. The molecule has 0 rings (SSSR count). The molecule has 0 aliphatic rings. The van der Waals surface area contributed by atoms with Crippen molar-refractivity contribution in [2.45, 2.75) is 27.2 Å². The van der Waals surface area contributed by atoms with Crippen molar-refractivity contribution in [1.29, 1.82) is 0 Å². The van der Waals surface area contributed by atoms with Gasteiger partial charge in [-0.3, -0.25) is 0 Å². The SMILES string of the molecule is C=NC(=C)OC(/C=C\C=C/CC(C)/C=C\C)=C\C. The number of hydrogen-bond acceptors (Lipinski definition) is 2. The van der Waals surface area contributed by atoms with Crippen molar-refractivity contribution in [1.82, 2.24) is 0 Å². The molecular weight excluding hydrogens is 222 g/mol. The van der Waals surface area contributed by atoms with E-state index in [0.717, 1.165) is 6.42 Å². The van der Waals surface area contributed by atoms with Crippen molar-refractivity contribution in [3.8, 4) is 0 Å². The molecule has 18 heavy (non-hydrogen) atoms. The van der Waals surface area contributed by atoms with Crippen LogP contribution in [0.5, 0.6) is 0 Å². The molecule has 0 amide bonds. The third-order valence-electron chi connectivity index (χ3n) is 2.23. The van der Waals surface area contributed by atoms with Gasteiger partial charge in [0.15, 0.2) is 0 Å². The molecule has 0 radical (unpaired) electrons. The van der Waals surface area contributed by atoms with E-state index in [4.69, 9.17) is 4.74 Å². The van der Waals surface area contributed by atoms with E-state index in [2.05, 4.69) is 43.4 Å². The molecule has 1 atom stereocenters. The molecular formula is C16H23NO. The van der Waals surface area contributed by atoms with Crippen LogP contribution in [-0.4, -0.2) is 6.72 Å². The van der Waals surface area contributed by atoms with Gasteiger partial charge in [-0.15, -0.1) is 0 Å². The molecule has 0 N–H and O–H groups in total. The first-order chi connectivity index (χ1) is 8.63. The summed E-state index contributed by atoms with van der Waals surface area (Å²) in [5, 5.41) is 0. The average Bonchev–Trinajstić information content (AvgIpc) is 2.36. The third-order valence-corrected chi connectivity index (χ3v) is 2.23. The molecule has 0 aromatic heterocycles. The van der Waals surface area contributed by atoms with Gasteiger partial charge in [-0.2, -0.15) is 0 Å². The first kappa shape index (κ1) is 16.2. The van der Waals surface area contributed by atoms with Crippen molar-refractivity contribution in [2.75, 3.05) is 0 Å². The normalized spacial score (nSPS) is 14.5. The summed E-state index contributed by atoms with van der Waals surface area (Å²) in [4.78, 5) is 3.60. The lowest BCUT2D eigenvalue weighted by atomic mass is 10.1. The number of ether oxygens (including phenoxy) is 1. The first-order valence-corrected chi connectivity index (χ1v) is 6.09. The minimum atomic E-state index is 0.304. The summed E-state index contributed by atoms with van der Waals surface area (Å²) in [5.41, 5.74) is 0. The van der Waals surface area contributed by atoms with Gasteiger partial charge in [-0.25, -0.2) is 4.99 Å². The van der Waals surface area contributed by atoms with Crippen LogP contribution in [0.25, 0.3) is 0 Å². The van der Waals surface area contributed by atoms with Crippen LogP contribution in [0, 0.1) is 5.92 Å². The highest BCUT2D eigenvalue weighted by atomic mass is 16.5. The minimum absolute atomic E-state index is 0.304. The maximum absolute atomic E-state index is 5.32. The van der Waals surface area contributed by atoms with Crippen molar-refractivity contribution in [3.63, 3.8) is 0 Å². The predicted molar refractivity (Wildman–Crippen MR) is 80.4 cm³/mol. The summed E-state index contributed by atoms with van der Waals surface area (Å²) in [6, 6.07) is 0. The average molecular weight is 245 g/mol. The molecule has 0 aromatic rings. The Labute approximate surface area is 111 Å². The topological polar surface area (TPSA) is 21.6 Å². The highest BCUT2D eigenvalue weighted by Crippen LogP contribution is 2.08. The van der Waals surface area contributed by atoms with Crippen molar-refractivity contribution < 1.29 is 4.74 Å². The maximum Gasteiger partial charge on any atom is 0.211 e. The lowest BCUT2D eigenvalue weighted by Crippen LogP contribution is -1.86. The highest BCUT2D eigenvalue weighted by Gasteiger charge is 1.93. The monoisotopic (exact) mass is 245 g/mol. The van der Waals surface area contributed by atoms with E-state index in [-0.39, 0.29) is 0 Å². The van der Waals surface area contributed by atoms with E-state index >= 15 is 0 Å². The lowest BCUT2D eigenvalue weighted by molar-refractivity contribution is 0.319. The summed E-state index contributed by atoms with van der Waals surface area (Å²) in [7, 11) is 0. The lowest BCUT2D eigenvalue weighted by Gasteiger charge is -2.03. The predicted octanol–water partition coefficient (Wildman–Crippen LogP) is 4.79. The third kappa shape index (κ3) is 8.34. The van der Waals surface area contributed by atoms with E-state index in [9.17, 15) is 0 Å². The highest BCUT2D eigenvalue weighted by molar-refractivity contribution is 5.27. The van der Waals surface area contributed by atoms with Crippen LogP contribution in [0.3, 0.4) is 0 Å². The molecule has 1 unspecified atom stereocenters. The number of allylic oxidation sites excluding steroid dienone is 7. The summed E-state index contributed by atoms with van der Waals surface area (Å²) in [5.74, 6) is 1.58. The van der Waals surface area contributed by atoms with Gasteiger partial charge in [0.05, 0.1) is 0 Å². The van der Waals surface area contributed by atoms with Crippen LogP contribution in [0.2, 0.25) is 0 Å². The van der Waals surface area contributed by atoms with Gasteiger partial charge in [0.1, 0.15) is 5.76 Å². The number of hydrogen-bond donors (Lipinski definition) is 0. The fourth-order valence-corrected chi connectivity index (χ4v) is 1.29. The molecule has 0 saturated heterocycles. The van der Waals surface area contributed by atoms with Crippen LogP contribution < -0.4 is 0 Å². The number of nitrogens with zero attached hydrogens (tertiary/aromatic N) is 1. The van der Waals surface area contributed by atoms with Crippen LogP contribution in [0.1, 0.15) is 27.2 Å². The maximum atomic E-state index is 5.32. The smallest absolute Gasteiger partial charge is 0.211 e. The van der Waals surface area contributed by atoms with Crippen LogP contribution in [-0.2, 0) is 4.74 Å². The largest absolute Gasteiger partial charge is 0.440 e. The summed E-state index contributed by atoms with van der Waals surface area (Å²) in [6.45, 7) is 13.1. The fraction of sp³-hybridized carbons (Fsp3) is 0.312. The Bertz CT molecular complexity index is 373. The molecule has 2 nitrogen and oxygen atoms in total. The van der Waals surface area contributed by atoms with Crippen molar-refractivity contribution >= 4 is 6.72 Å². The Kier molecular flexibility index (Phi) is 9.28. The Morgan fingerprint density at radius 3 is 2.61 bits per heavy atom. The number of aliphatic imine (C=N–C) groups is 1. The fourth-order valence-electron chi connectivity index (χ4n) is 1.29. The van der Waals surface area contributed by atoms with Gasteiger partial charge in [-0.1, -0.05) is 37.3 Å². The van der Waals surface area contributed by atoms with Gasteiger partial charge in [0, 0.05) is 0 Å². The second kappa shape index (κ2) is 10.3. The molecule has 0 fully saturated rings. The molecule has 0 bridgehead atoms. The van der Waals surface area contributed by atoms with Crippen LogP contribution in [0.15, 0.2) is 65.7 Å². The molecule has 0 spiro atoms. The van der Waals surface area contributed by atoms with Gasteiger partial charge in [-0.05, 0) is 51.6 Å². The zero-order chi connectivity index (χ0) is 13.8. The van der Waals surface area contributed by atoms with Crippen LogP contribution >= 0.6 is 0 Å². The second-order valence-corrected chi connectivity index (χ2v) is 3.87. The van der Waals surface area contributed by atoms with Crippen molar-refractivity contribution in [3.05, 3.63) is 60.8 Å². The van der Waals surface area contributed by atoms with E-state index in [1.165, 1.54) is 0 Å². The Hall–Kier alpha value is -1.83. The minimum Gasteiger partial charge on any atom is -0.440 e. The van der Waals surface area contributed by atoms with Gasteiger partial charge in [0.25, 0.3) is 0 Å². The van der Waals surface area contributed by atoms with E-state index in [0.29, 0.717) is 17.6 Å². The molecule has 2 heteroatoms. The molecule has 98 valence electrons. The molecule has 0 heterocycles. The Morgan fingerprint density at radius 1 is 1.33 bits per heavy atom. The zero-order valence-corrected chi connectivity index (χ0v) is 11.6. The van der Waals surface area contributed by atoms with Gasteiger partial charge < -0.3 is 4.74 Å². The Morgan fingerprint density at radius 2 is 2.06 bits per heavy atom. The van der Waals surface area contributed by atoms with E-state index < -0.39 is 0 Å². The van der Waals surface area contributed by atoms with Gasteiger partial charge >= 0.3 is 0 Å². The van der Waals surface area contributed by atoms with E-state index in [1.54, 1.807) is 0 Å². The quantitative estimate of drug-likeness (QED) is 0.261. The first-order valence-electron chi connectivity index (χ1n) is 6.09. The summed E-state index contributed by atoms with van der Waals surface area (Å²) in [6.07, 6.45) is 15.1. The zero-order valence-electron chi connectivity index (χ0n) is 11.6. The molecule has 0 saturated carbocycles. The standard InChI is InChI=1S/C16H23NO/c1-6-11-14(3)12-9-8-10-13-16(7-2)18-15(4)17-5/h6-11,13-14H,4-5,12H2,1-3H3/b9-8-,11-6-,13-10-,16-7-. The van der Waals surface area contributed by atoms with Crippen LogP contribution in [0.4, 0.5) is 0 Å². The van der Waals surface area contributed by atoms with Crippen molar-refractivity contribution in [2.24, 2.45) is 10.9 Å². The molecule has 0 aromatic carbocycles. The molecule has 0 aliphatic carbocycles. The summed E-state index contributed by atoms with van der Waals surface area (Å²) >= 11 is 0. The summed E-state index contributed by atoms with van der Waals surface area (Å²) < 4.78 is 5.32. The number of rotatable bonds is 8.